The second-order valence-corrected chi connectivity index (χ2v) is 6.42. The van der Waals surface area contributed by atoms with Crippen molar-refractivity contribution < 1.29 is 4.79 Å². The maximum atomic E-state index is 11.8. The first-order valence-electron chi connectivity index (χ1n) is 7.13. The van der Waals surface area contributed by atoms with Crippen molar-refractivity contribution in [3.05, 3.63) is 34.9 Å². The molecule has 1 aromatic carbocycles. The van der Waals surface area contributed by atoms with Gasteiger partial charge in [-0.1, -0.05) is 55.4 Å². The fourth-order valence-corrected chi connectivity index (χ4v) is 3.07. The molecule has 1 heterocycles. The first kappa shape index (κ1) is 16.8. The number of thioether (sulfide) groups is 1. The zero-order chi connectivity index (χ0) is 16.1. The van der Waals surface area contributed by atoms with E-state index in [0.29, 0.717) is 18.2 Å². The summed E-state index contributed by atoms with van der Waals surface area (Å²) in [4.78, 5) is 11.8. The molecule has 0 bridgehead atoms. The fraction of sp³-hybridized carbons (Fsp3) is 0.400. The lowest BCUT2D eigenvalue weighted by molar-refractivity contribution is -0.119. The minimum absolute atomic E-state index is 0.0650. The highest BCUT2D eigenvalue weighted by molar-refractivity contribution is 7.98. The van der Waals surface area contributed by atoms with Gasteiger partial charge in [-0.3, -0.25) is 14.7 Å². The summed E-state index contributed by atoms with van der Waals surface area (Å²) in [5, 5.41) is 12.5. The maximum Gasteiger partial charge on any atom is 0.231 e. The normalized spacial score (nSPS) is 11.0. The quantitative estimate of drug-likeness (QED) is 0.813. The molecule has 1 aromatic heterocycles. The van der Waals surface area contributed by atoms with Crippen molar-refractivity contribution >= 4 is 35.2 Å². The Morgan fingerprint density at radius 3 is 2.73 bits per heavy atom. The third kappa shape index (κ3) is 4.01. The topological polar surface area (TPSA) is 59.8 Å². The van der Waals surface area contributed by atoms with Crippen LogP contribution in [-0.2, 0) is 17.1 Å². The molecule has 1 N–H and O–H groups in total. The average molecular weight is 339 g/mol. The molecule has 0 fully saturated rings. The number of carbonyl (C=O) groups excluding carboxylic acids is 1. The molecule has 0 aliphatic carbocycles. The van der Waals surface area contributed by atoms with Gasteiger partial charge in [-0.15, -0.1) is 10.2 Å². The Kier molecular flexibility index (Phi) is 5.85. The SMILES string of the molecule is CCn1c(NC(=O)C(C)C)nnc1SCc1ccccc1Cl. The molecule has 2 rings (SSSR count). The molecule has 0 saturated carbocycles. The maximum absolute atomic E-state index is 11.8. The molecule has 22 heavy (non-hydrogen) atoms. The van der Waals surface area contributed by atoms with E-state index in [9.17, 15) is 4.79 Å². The molecule has 2 aromatic rings. The monoisotopic (exact) mass is 338 g/mol. The molecular formula is C15H19ClN4OS. The number of halogens is 1. The van der Waals surface area contributed by atoms with Crippen LogP contribution < -0.4 is 5.32 Å². The van der Waals surface area contributed by atoms with E-state index < -0.39 is 0 Å². The number of nitrogens with one attached hydrogen (secondary N) is 1. The highest BCUT2D eigenvalue weighted by atomic mass is 35.5. The summed E-state index contributed by atoms with van der Waals surface area (Å²) in [6, 6.07) is 7.73. The van der Waals surface area contributed by atoms with Crippen LogP contribution in [-0.4, -0.2) is 20.7 Å². The van der Waals surface area contributed by atoms with Gasteiger partial charge in [-0.2, -0.15) is 0 Å². The molecule has 0 aliphatic rings. The van der Waals surface area contributed by atoms with Gasteiger partial charge in [0.1, 0.15) is 0 Å². The Morgan fingerprint density at radius 1 is 1.36 bits per heavy atom. The number of hydrogen-bond donors (Lipinski definition) is 1. The molecule has 0 radical (unpaired) electrons. The molecule has 0 atom stereocenters. The molecule has 0 saturated heterocycles. The highest BCUT2D eigenvalue weighted by Crippen LogP contribution is 2.27. The Morgan fingerprint density at radius 2 is 2.09 bits per heavy atom. The number of rotatable bonds is 6. The van der Waals surface area contributed by atoms with Crippen LogP contribution in [0.2, 0.25) is 5.02 Å². The third-order valence-corrected chi connectivity index (χ3v) is 4.49. The zero-order valence-corrected chi connectivity index (χ0v) is 14.4. The lowest BCUT2D eigenvalue weighted by Crippen LogP contribution is -2.20. The summed E-state index contributed by atoms with van der Waals surface area (Å²) in [5.74, 6) is 1.03. The van der Waals surface area contributed by atoms with Crippen molar-refractivity contribution in [2.75, 3.05) is 5.32 Å². The highest BCUT2D eigenvalue weighted by Gasteiger charge is 2.15. The number of benzene rings is 1. The number of carbonyl (C=O) groups is 1. The Labute approximate surface area is 139 Å². The number of anilines is 1. The molecular weight excluding hydrogens is 320 g/mol. The first-order valence-corrected chi connectivity index (χ1v) is 8.49. The first-order chi connectivity index (χ1) is 10.5. The number of aromatic nitrogens is 3. The van der Waals surface area contributed by atoms with Gasteiger partial charge in [0, 0.05) is 23.2 Å². The predicted molar refractivity (Wildman–Crippen MR) is 90.2 cm³/mol. The summed E-state index contributed by atoms with van der Waals surface area (Å²) in [7, 11) is 0. The smallest absolute Gasteiger partial charge is 0.231 e. The molecule has 0 unspecified atom stereocenters. The van der Waals surface area contributed by atoms with Crippen LogP contribution in [0.1, 0.15) is 26.3 Å². The Balaban J connectivity index is 2.10. The molecule has 5 nitrogen and oxygen atoms in total. The summed E-state index contributed by atoms with van der Waals surface area (Å²) in [6.07, 6.45) is 0. The van der Waals surface area contributed by atoms with Crippen molar-refractivity contribution in [1.82, 2.24) is 14.8 Å². The van der Waals surface area contributed by atoms with Crippen LogP contribution in [0.15, 0.2) is 29.4 Å². The Hall–Kier alpha value is -1.53. The molecule has 118 valence electrons. The van der Waals surface area contributed by atoms with Gasteiger partial charge in [0.25, 0.3) is 0 Å². The standard InChI is InChI=1S/C15H19ClN4OS/c1-4-20-14(17-13(21)10(2)3)18-19-15(20)22-9-11-7-5-6-8-12(11)16/h5-8,10H,4,9H2,1-3H3,(H,17,18,21). The van der Waals surface area contributed by atoms with Crippen molar-refractivity contribution in [2.24, 2.45) is 5.92 Å². The molecule has 1 amide bonds. The minimum atomic E-state index is -0.0961. The zero-order valence-electron chi connectivity index (χ0n) is 12.8. The van der Waals surface area contributed by atoms with Crippen molar-refractivity contribution in [1.29, 1.82) is 0 Å². The van der Waals surface area contributed by atoms with Gasteiger partial charge < -0.3 is 0 Å². The van der Waals surface area contributed by atoms with Crippen LogP contribution >= 0.6 is 23.4 Å². The van der Waals surface area contributed by atoms with Crippen molar-refractivity contribution in [3.8, 4) is 0 Å². The van der Waals surface area contributed by atoms with Gasteiger partial charge in [0.05, 0.1) is 0 Å². The second kappa shape index (κ2) is 7.65. The average Bonchev–Trinajstić information content (AvgIpc) is 2.88. The summed E-state index contributed by atoms with van der Waals surface area (Å²) < 4.78 is 1.89. The van der Waals surface area contributed by atoms with E-state index in [2.05, 4.69) is 15.5 Å². The van der Waals surface area contributed by atoms with E-state index >= 15 is 0 Å². The largest absolute Gasteiger partial charge is 0.294 e. The molecule has 7 heteroatoms. The summed E-state index contributed by atoms with van der Waals surface area (Å²) in [6.45, 7) is 6.36. The second-order valence-electron chi connectivity index (χ2n) is 5.07. The number of hydrogen-bond acceptors (Lipinski definition) is 4. The molecule has 0 spiro atoms. The van der Waals surface area contributed by atoms with E-state index in [1.165, 1.54) is 0 Å². The van der Waals surface area contributed by atoms with E-state index in [1.54, 1.807) is 11.8 Å². The van der Waals surface area contributed by atoms with Crippen LogP contribution in [0.3, 0.4) is 0 Å². The summed E-state index contributed by atoms with van der Waals surface area (Å²) in [5.41, 5.74) is 1.05. The third-order valence-electron chi connectivity index (χ3n) is 3.11. The number of amides is 1. The van der Waals surface area contributed by atoms with Crippen LogP contribution in [0.25, 0.3) is 0 Å². The van der Waals surface area contributed by atoms with Gasteiger partial charge in [0.2, 0.25) is 11.9 Å². The van der Waals surface area contributed by atoms with E-state index in [0.717, 1.165) is 15.7 Å². The van der Waals surface area contributed by atoms with E-state index in [-0.39, 0.29) is 11.8 Å². The van der Waals surface area contributed by atoms with Gasteiger partial charge in [-0.05, 0) is 18.6 Å². The minimum Gasteiger partial charge on any atom is -0.294 e. The molecule has 0 aliphatic heterocycles. The van der Waals surface area contributed by atoms with E-state index in [4.69, 9.17) is 11.6 Å². The van der Waals surface area contributed by atoms with E-state index in [1.807, 2.05) is 49.6 Å². The van der Waals surface area contributed by atoms with Crippen molar-refractivity contribution in [2.45, 2.75) is 38.2 Å². The predicted octanol–water partition coefficient (Wildman–Crippen LogP) is 3.84. The van der Waals surface area contributed by atoms with Gasteiger partial charge in [-0.25, -0.2) is 0 Å². The van der Waals surface area contributed by atoms with Gasteiger partial charge >= 0.3 is 0 Å². The van der Waals surface area contributed by atoms with Crippen LogP contribution in [0, 0.1) is 5.92 Å². The Bertz CT molecular complexity index is 657. The summed E-state index contributed by atoms with van der Waals surface area (Å²) >= 11 is 7.71. The van der Waals surface area contributed by atoms with Crippen molar-refractivity contribution in [3.63, 3.8) is 0 Å². The number of nitrogens with zero attached hydrogens (tertiary/aromatic N) is 3. The van der Waals surface area contributed by atoms with Crippen LogP contribution in [0.4, 0.5) is 5.95 Å². The van der Waals surface area contributed by atoms with Gasteiger partial charge in [0.15, 0.2) is 5.16 Å². The lowest BCUT2D eigenvalue weighted by Gasteiger charge is -2.10. The fourth-order valence-electron chi connectivity index (χ4n) is 1.79. The van der Waals surface area contributed by atoms with Crippen LogP contribution in [0.5, 0.6) is 0 Å². The lowest BCUT2D eigenvalue weighted by atomic mass is 10.2.